The van der Waals surface area contributed by atoms with Crippen molar-refractivity contribution in [1.82, 2.24) is 0 Å². The molecule has 0 aliphatic rings. The predicted molar refractivity (Wildman–Crippen MR) is 88.1 cm³/mol. The van der Waals surface area contributed by atoms with E-state index in [0.717, 1.165) is 28.6 Å². The fraction of sp³-hybridized carbons (Fsp3) is 0.250. The third-order valence-electron chi connectivity index (χ3n) is 3.07. The number of rotatable bonds is 5. The van der Waals surface area contributed by atoms with Crippen LogP contribution in [0.3, 0.4) is 0 Å². The topological polar surface area (TPSA) is 12.5 Å². The molecular formula is C16H18ClNOS. The number of benzene rings is 2. The lowest BCUT2D eigenvalue weighted by atomic mass is 10.2. The molecule has 0 atom stereocenters. The van der Waals surface area contributed by atoms with Crippen LogP contribution in [0.4, 0.5) is 5.69 Å². The molecular weight excluding hydrogens is 290 g/mol. The largest absolute Gasteiger partial charge is 0.497 e. The highest BCUT2D eigenvalue weighted by Crippen LogP contribution is 2.34. The summed E-state index contributed by atoms with van der Waals surface area (Å²) in [7, 11) is 1.68. The molecule has 2 aromatic rings. The van der Waals surface area contributed by atoms with Gasteiger partial charge in [-0.05, 0) is 67.8 Å². The van der Waals surface area contributed by atoms with Crippen molar-refractivity contribution in [3.63, 3.8) is 0 Å². The molecule has 0 aliphatic heterocycles. The van der Waals surface area contributed by atoms with Gasteiger partial charge >= 0.3 is 0 Å². The van der Waals surface area contributed by atoms with Crippen LogP contribution in [0.25, 0.3) is 0 Å². The van der Waals surface area contributed by atoms with E-state index in [-0.39, 0.29) is 0 Å². The monoisotopic (exact) mass is 307 g/mol. The van der Waals surface area contributed by atoms with Gasteiger partial charge in [0.1, 0.15) is 5.75 Å². The average molecular weight is 308 g/mol. The first-order valence-corrected chi connectivity index (χ1v) is 7.65. The van der Waals surface area contributed by atoms with Crippen molar-refractivity contribution < 1.29 is 4.74 Å². The Morgan fingerprint density at radius 2 is 1.85 bits per heavy atom. The Balaban J connectivity index is 2.21. The molecule has 2 nitrogen and oxygen atoms in total. The number of methoxy groups -OCH3 is 1. The minimum Gasteiger partial charge on any atom is -0.497 e. The Kier molecular flexibility index (Phi) is 5.21. The molecule has 4 heteroatoms. The predicted octanol–water partition coefficient (Wildman–Crippen LogP) is 5.19. The van der Waals surface area contributed by atoms with E-state index in [1.807, 2.05) is 24.3 Å². The standard InChI is InChI=1S/C16H18ClNOS/c1-4-18(16-7-5-6-15(17)12(16)2)20-14-10-8-13(19-3)9-11-14/h5-11H,4H2,1-3H3. The van der Waals surface area contributed by atoms with Crippen molar-refractivity contribution in [3.8, 4) is 5.75 Å². The van der Waals surface area contributed by atoms with Gasteiger partial charge in [-0.1, -0.05) is 17.7 Å². The number of hydrogen-bond acceptors (Lipinski definition) is 3. The van der Waals surface area contributed by atoms with Crippen LogP contribution in [0.5, 0.6) is 5.75 Å². The second kappa shape index (κ2) is 6.91. The van der Waals surface area contributed by atoms with Crippen LogP contribution in [-0.2, 0) is 0 Å². The van der Waals surface area contributed by atoms with E-state index in [9.17, 15) is 0 Å². The Morgan fingerprint density at radius 3 is 2.45 bits per heavy atom. The van der Waals surface area contributed by atoms with Crippen LogP contribution in [0, 0.1) is 6.92 Å². The molecule has 0 N–H and O–H groups in total. The fourth-order valence-electron chi connectivity index (χ4n) is 1.91. The summed E-state index contributed by atoms with van der Waals surface area (Å²) >= 11 is 7.91. The van der Waals surface area contributed by atoms with Gasteiger partial charge in [0.15, 0.2) is 0 Å². The molecule has 106 valence electrons. The molecule has 0 saturated carbocycles. The summed E-state index contributed by atoms with van der Waals surface area (Å²) in [6, 6.07) is 14.1. The van der Waals surface area contributed by atoms with E-state index < -0.39 is 0 Å². The van der Waals surface area contributed by atoms with Gasteiger partial charge in [0.05, 0.1) is 12.8 Å². The van der Waals surface area contributed by atoms with E-state index in [1.54, 1.807) is 19.1 Å². The molecule has 0 radical (unpaired) electrons. The second-order valence-electron chi connectivity index (χ2n) is 4.35. The zero-order valence-corrected chi connectivity index (χ0v) is 13.5. The van der Waals surface area contributed by atoms with E-state index >= 15 is 0 Å². The third-order valence-corrected chi connectivity index (χ3v) is 4.64. The summed E-state index contributed by atoms with van der Waals surface area (Å²) in [5.41, 5.74) is 2.26. The van der Waals surface area contributed by atoms with E-state index in [0.29, 0.717) is 0 Å². The first-order valence-electron chi connectivity index (χ1n) is 6.50. The Morgan fingerprint density at radius 1 is 1.15 bits per heavy atom. The minimum absolute atomic E-state index is 0.802. The molecule has 0 aliphatic carbocycles. The molecule has 0 spiro atoms. The first kappa shape index (κ1) is 15.1. The average Bonchev–Trinajstić information content (AvgIpc) is 2.48. The molecule has 0 aromatic heterocycles. The minimum atomic E-state index is 0.802. The maximum atomic E-state index is 6.20. The Labute approximate surface area is 129 Å². The summed E-state index contributed by atoms with van der Waals surface area (Å²) < 4.78 is 7.42. The van der Waals surface area contributed by atoms with Crippen molar-refractivity contribution in [2.45, 2.75) is 18.7 Å². The number of ether oxygens (including phenoxy) is 1. The summed E-state index contributed by atoms with van der Waals surface area (Å²) in [5, 5.41) is 0.802. The molecule has 0 saturated heterocycles. The van der Waals surface area contributed by atoms with Crippen molar-refractivity contribution in [2.75, 3.05) is 18.0 Å². The number of anilines is 1. The molecule has 2 rings (SSSR count). The smallest absolute Gasteiger partial charge is 0.118 e. The van der Waals surface area contributed by atoms with E-state index in [2.05, 4.69) is 36.4 Å². The van der Waals surface area contributed by atoms with Crippen LogP contribution in [0.2, 0.25) is 5.02 Å². The highest BCUT2D eigenvalue weighted by atomic mass is 35.5. The Bertz CT molecular complexity index is 571. The highest BCUT2D eigenvalue weighted by Gasteiger charge is 2.11. The van der Waals surface area contributed by atoms with Crippen molar-refractivity contribution in [3.05, 3.63) is 53.1 Å². The van der Waals surface area contributed by atoms with Crippen molar-refractivity contribution in [2.24, 2.45) is 0 Å². The molecule has 0 fully saturated rings. The van der Waals surface area contributed by atoms with Crippen LogP contribution in [-0.4, -0.2) is 13.7 Å². The van der Waals surface area contributed by atoms with Crippen LogP contribution in [0.15, 0.2) is 47.4 Å². The molecule has 0 unspecified atom stereocenters. The second-order valence-corrected chi connectivity index (χ2v) is 5.85. The van der Waals surface area contributed by atoms with Gasteiger partial charge in [0.25, 0.3) is 0 Å². The van der Waals surface area contributed by atoms with Gasteiger partial charge in [0.2, 0.25) is 0 Å². The van der Waals surface area contributed by atoms with Gasteiger partial charge in [0, 0.05) is 16.5 Å². The van der Waals surface area contributed by atoms with Gasteiger partial charge < -0.3 is 9.04 Å². The normalized spacial score (nSPS) is 10.4. The SMILES string of the molecule is CCN(Sc1ccc(OC)cc1)c1cccc(Cl)c1C. The molecule has 20 heavy (non-hydrogen) atoms. The van der Waals surface area contributed by atoms with Crippen LogP contribution < -0.4 is 9.04 Å². The number of halogens is 1. The lowest BCUT2D eigenvalue weighted by Crippen LogP contribution is -2.14. The molecule has 2 aromatic carbocycles. The Hall–Kier alpha value is -1.32. The van der Waals surface area contributed by atoms with Gasteiger partial charge in [-0.2, -0.15) is 0 Å². The van der Waals surface area contributed by atoms with Crippen molar-refractivity contribution in [1.29, 1.82) is 0 Å². The molecule has 0 bridgehead atoms. The maximum absolute atomic E-state index is 6.20. The third kappa shape index (κ3) is 3.41. The molecule has 0 heterocycles. The van der Waals surface area contributed by atoms with Gasteiger partial charge in [-0.25, -0.2) is 0 Å². The first-order chi connectivity index (χ1) is 9.65. The van der Waals surface area contributed by atoms with E-state index in [1.165, 1.54) is 4.90 Å². The summed E-state index contributed by atoms with van der Waals surface area (Å²) in [5.74, 6) is 0.872. The zero-order chi connectivity index (χ0) is 14.5. The fourth-order valence-corrected chi connectivity index (χ4v) is 3.02. The van der Waals surface area contributed by atoms with Crippen LogP contribution in [0.1, 0.15) is 12.5 Å². The summed E-state index contributed by atoms with van der Waals surface area (Å²) in [6.45, 7) is 5.09. The number of hydrogen-bond donors (Lipinski definition) is 0. The lowest BCUT2D eigenvalue weighted by molar-refractivity contribution is 0.414. The maximum Gasteiger partial charge on any atom is 0.118 e. The highest BCUT2D eigenvalue weighted by molar-refractivity contribution is 8.00. The van der Waals surface area contributed by atoms with E-state index in [4.69, 9.17) is 16.3 Å². The lowest BCUT2D eigenvalue weighted by Gasteiger charge is -2.24. The van der Waals surface area contributed by atoms with Crippen LogP contribution >= 0.6 is 23.5 Å². The quantitative estimate of drug-likeness (QED) is 0.705. The summed E-state index contributed by atoms with van der Waals surface area (Å²) in [6.07, 6.45) is 0. The zero-order valence-electron chi connectivity index (χ0n) is 11.9. The molecule has 0 amide bonds. The summed E-state index contributed by atoms with van der Waals surface area (Å²) in [4.78, 5) is 1.17. The van der Waals surface area contributed by atoms with Gasteiger partial charge in [-0.3, -0.25) is 0 Å². The van der Waals surface area contributed by atoms with Crippen molar-refractivity contribution >= 4 is 29.2 Å². The van der Waals surface area contributed by atoms with Gasteiger partial charge in [-0.15, -0.1) is 0 Å². The number of nitrogens with zero attached hydrogens (tertiary/aromatic N) is 1.